The van der Waals surface area contributed by atoms with Gasteiger partial charge in [-0.2, -0.15) is 0 Å². The van der Waals surface area contributed by atoms with Crippen molar-refractivity contribution in [3.63, 3.8) is 0 Å². The molecule has 0 aromatic carbocycles. The second-order valence-corrected chi connectivity index (χ2v) is 1.89. The van der Waals surface area contributed by atoms with Gasteiger partial charge in [0, 0.05) is 0 Å². The fourth-order valence-electron chi connectivity index (χ4n) is 0. The molecule has 40 valence electrons. The summed E-state index contributed by atoms with van der Waals surface area (Å²) in [5, 5.41) is 0. The van der Waals surface area contributed by atoms with Gasteiger partial charge in [0.2, 0.25) is 0 Å². The van der Waals surface area contributed by atoms with Gasteiger partial charge in [0.1, 0.15) is 0 Å². The van der Waals surface area contributed by atoms with E-state index < -0.39 is 11.4 Å². The fraction of sp³-hybridized carbons (Fsp3) is 0. The summed E-state index contributed by atoms with van der Waals surface area (Å²) in [4.78, 5) is 0. The van der Waals surface area contributed by atoms with E-state index in [2.05, 4.69) is 2.69 Å². The molecule has 0 aliphatic carbocycles. The molecule has 0 amide bonds. The molecule has 1 unspecified atom stereocenters. The minimum atomic E-state index is -2.10. The van der Waals surface area contributed by atoms with Gasteiger partial charge in [-0.15, -0.1) is 0 Å². The standard InChI is InChI=1S/Au.2Na.H2O3S.2H/c;;;1-4(2)3;;/h;;;(H2,1,2,3);;/q+1;;;;;/p-1. The maximum atomic E-state index is 9.24. The Morgan fingerprint density at radius 1 is 1.57 bits per heavy atom. The molecular weight excluding hydrogens is 323 g/mol. The van der Waals surface area contributed by atoms with E-state index in [-0.39, 0.29) is 59.1 Å². The average Bonchev–Trinajstić information content (AvgIpc) is 1.38. The van der Waals surface area contributed by atoms with E-state index >= 15 is 0 Å². The van der Waals surface area contributed by atoms with E-state index in [9.17, 15) is 4.21 Å². The van der Waals surface area contributed by atoms with Crippen molar-refractivity contribution in [2.45, 2.75) is 0 Å². The summed E-state index contributed by atoms with van der Waals surface area (Å²) in [6.45, 7) is 0. The Morgan fingerprint density at radius 3 is 1.71 bits per heavy atom. The van der Waals surface area contributed by atoms with Crippen molar-refractivity contribution in [1.29, 1.82) is 0 Å². The van der Waals surface area contributed by atoms with Gasteiger partial charge in [-0.3, -0.25) is 0 Å². The van der Waals surface area contributed by atoms with E-state index in [1.165, 1.54) is 21.5 Å². The van der Waals surface area contributed by atoms with Crippen LogP contribution in [-0.2, 0) is 35.5 Å². The quantitative estimate of drug-likeness (QED) is 0.462. The Kier molecular flexibility index (Phi) is 27.2. The minimum absolute atomic E-state index is 0. The molecule has 0 fully saturated rings. The van der Waals surface area contributed by atoms with Gasteiger partial charge in [-0.05, 0) is 0 Å². The summed E-state index contributed by atoms with van der Waals surface area (Å²) in [5.74, 6) is 0. The van der Waals surface area contributed by atoms with E-state index in [1.807, 2.05) is 0 Å². The first kappa shape index (κ1) is 16.4. The van der Waals surface area contributed by atoms with Crippen LogP contribution in [0.15, 0.2) is 0 Å². The van der Waals surface area contributed by atoms with Crippen LogP contribution in [0, 0.1) is 0 Å². The fourth-order valence-corrected chi connectivity index (χ4v) is 0. The average molecular weight is 326 g/mol. The van der Waals surface area contributed by atoms with Crippen molar-refractivity contribution in [2.24, 2.45) is 0 Å². The predicted molar refractivity (Wildman–Crippen MR) is 26.2 cm³/mol. The second kappa shape index (κ2) is 11.6. The van der Waals surface area contributed by atoms with E-state index in [4.69, 9.17) is 4.55 Å². The van der Waals surface area contributed by atoms with E-state index in [1.54, 1.807) is 0 Å². The molecular formula is H3AuNa2O3S. The summed E-state index contributed by atoms with van der Waals surface area (Å²) in [6, 6.07) is 0. The summed E-state index contributed by atoms with van der Waals surface area (Å²) in [5.41, 5.74) is 0. The molecule has 0 spiro atoms. The van der Waals surface area contributed by atoms with Crippen LogP contribution in [0.25, 0.3) is 0 Å². The molecule has 0 aromatic heterocycles. The Morgan fingerprint density at radius 2 is 1.71 bits per heavy atom. The molecule has 7 heteroatoms. The summed E-state index contributed by atoms with van der Waals surface area (Å²) < 4.78 is 20.6. The van der Waals surface area contributed by atoms with Gasteiger partial charge in [-0.1, -0.05) is 0 Å². The topological polar surface area (TPSA) is 46.5 Å². The molecule has 0 saturated carbocycles. The normalized spacial score (nSPS) is 10.7. The predicted octanol–water partition coefficient (Wildman–Crippen LogP) is -1.70. The van der Waals surface area contributed by atoms with E-state index in [0.29, 0.717) is 0 Å². The molecule has 0 aromatic rings. The Labute approximate surface area is 101 Å². The van der Waals surface area contributed by atoms with Crippen molar-refractivity contribution >= 4 is 70.5 Å². The molecule has 0 aliphatic rings. The third kappa shape index (κ3) is 17.7. The van der Waals surface area contributed by atoms with Crippen molar-refractivity contribution in [2.75, 3.05) is 0 Å². The third-order valence-corrected chi connectivity index (χ3v) is 1.06. The zero-order valence-corrected chi connectivity index (χ0v) is 4.96. The molecule has 1 N–H and O–H groups in total. The molecule has 0 bridgehead atoms. The van der Waals surface area contributed by atoms with Crippen LogP contribution in [0.4, 0.5) is 0 Å². The van der Waals surface area contributed by atoms with Crippen LogP contribution >= 0.6 is 0 Å². The monoisotopic (exact) mass is 326 g/mol. The SMILES string of the molecule is O=S(O)[O][Au].[NaH].[NaH]. The zero-order valence-electron chi connectivity index (χ0n) is 1.97. The summed E-state index contributed by atoms with van der Waals surface area (Å²) in [6.07, 6.45) is 0. The van der Waals surface area contributed by atoms with Crippen molar-refractivity contribution in [3.05, 3.63) is 0 Å². The zero-order chi connectivity index (χ0) is 4.28. The van der Waals surface area contributed by atoms with Crippen LogP contribution in [0.2, 0.25) is 0 Å². The first-order chi connectivity index (χ1) is 2.27. The number of hydrogen-bond donors (Lipinski definition) is 1. The second-order valence-electron chi connectivity index (χ2n) is 0.267. The van der Waals surface area contributed by atoms with Gasteiger partial charge < -0.3 is 0 Å². The molecule has 3 nitrogen and oxygen atoms in total. The molecule has 7 heavy (non-hydrogen) atoms. The Bertz CT molecular complexity index is 48.2. The van der Waals surface area contributed by atoms with Gasteiger partial charge in [0.15, 0.2) is 0 Å². The summed E-state index contributed by atoms with van der Waals surface area (Å²) >= 11 is -0.618. The van der Waals surface area contributed by atoms with Gasteiger partial charge >= 0.3 is 103 Å². The molecule has 0 rings (SSSR count). The molecule has 0 aliphatic heterocycles. The first-order valence-electron chi connectivity index (χ1n) is 0.639. The van der Waals surface area contributed by atoms with Crippen LogP contribution in [0.1, 0.15) is 0 Å². The summed E-state index contributed by atoms with van der Waals surface area (Å²) in [7, 11) is 0. The van der Waals surface area contributed by atoms with Crippen LogP contribution in [-0.4, -0.2) is 67.9 Å². The number of rotatable bonds is 1. The van der Waals surface area contributed by atoms with Crippen LogP contribution in [0.3, 0.4) is 0 Å². The third-order valence-electron chi connectivity index (χ3n) is 0.0430. The molecule has 1 atom stereocenters. The van der Waals surface area contributed by atoms with Gasteiger partial charge in [0.25, 0.3) is 0 Å². The van der Waals surface area contributed by atoms with Crippen LogP contribution < -0.4 is 0 Å². The van der Waals surface area contributed by atoms with Gasteiger partial charge in [0.05, 0.1) is 0 Å². The van der Waals surface area contributed by atoms with Crippen molar-refractivity contribution in [3.8, 4) is 0 Å². The Balaban J connectivity index is -0.0000000800. The van der Waals surface area contributed by atoms with Crippen LogP contribution in [0.5, 0.6) is 0 Å². The van der Waals surface area contributed by atoms with Crippen molar-refractivity contribution < 1.29 is 32.9 Å². The maximum absolute atomic E-state index is 9.24. The van der Waals surface area contributed by atoms with E-state index in [0.717, 1.165) is 0 Å². The first-order valence-corrected chi connectivity index (χ1v) is 2.56. The number of hydrogen-bond acceptors (Lipinski definition) is 2. The van der Waals surface area contributed by atoms with Gasteiger partial charge in [-0.25, -0.2) is 0 Å². The van der Waals surface area contributed by atoms with Crippen molar-refractivity contribution in [1.82, 2.24) is 0 Å². The Hall–Kier alpha value is 2.81. The molecule has 0 radical (unpaired) electrons. The molecule has 0 heterocycles. The molecule has 0 saturated heterocycles.